The van der Waals surface area contributed by atoms with Gasteiger partial charge in [-0.3, -0.25) is 9.10 Å². The van der Waals surface area contributed by atoms with E-state index in [1.807, 2.05) is 10.6 Å². The van der Waals surface area contributed by atoms with E-state index in [0.29, 0.717) is 52.0 Å². The first-order valence-corrected chi connectivity index (χ1v) is 15.6. The van der Waals surface area contributed by atoms with Crippen molar-refractivity contribution in [1.82, 2.24) is 14.9 Å². The molecule has 0 aliphatic carbocycles. The Labute approximate surface area is 254 Å². The number of sulfonamides is 1. The van der Waals surface area contributed by atoms with Gasteiger partial charge in [-0.05, 0) is 48.5 Å². The zero-order valence-corrected chi connectivity index (χ0v) is 24.9. The standard InChI is InChI=1S/C32H24F3N5O4S/c1-36-32(41)29-20-12-19(23-9-10-24-30(38-23)27-13-18-21(34)5-4-6-25(18)40(27)15-37-24)26(39(2)45(3,42)43)14-28(20)44-31(29)17-8-7-16(33)11-22(17)35/h4-14,37H,15H2,1-3H3,(H,36,41). The first-order chi connectivity index (χ1) is 21.5. The van der Waals surface area contributed by atoms with Crippen LogP contribution in [0.3, 0.4) is 0 Å². The quantitative estimate of drug-likeness (QED) is 0.230. The van der Waals surface area contributed by atoms with E-state index in [1.54, 1.807) is 30.3 Å². The number of furan rings is 1. The van der Waals surface area contributed by atoms with Gasteiger partial charge in [-0.25, -0.2) is 26.6 Å². The molecular formula is C32H24F3N5O4S. The van der Waals surface area contributed by atoms with Gasteiger partial charge in [-0.1, -0.05) is 6.07 Å². The lowest BCUT2D eigenvalue weighted by Gasteiger charge is -2.23. The van der Waals surface area contributed by atoms with E-state index in [1.165, 1.54) is 32.3 Å². The van der Waals surface area contributed by atoms with Crippen molar-refractivity contribution < 1.29 is 30.8 Å². The van der Waals surface area contributed by atoms with Crippen molar-refractivity contribution in [2.75, 3.05) is 30.0 Å². The van der Waals surface area contributed by atoms with Gasteiger partial charge in [0.15, 0.2) is 5.76 Å². The molecule has 1 aliphatic rings. The Morgan fingerprint density at radius 1 is 1.00 bits per heavy atom. The second kappa shape index (κ2) is 10.1. The number of nitrogens with zero attached hydrogens (tertiary/aromatic N) is 3. The highest BCUT2D eigenvalue weighted by Gasteiger charge is 2.28. The maximum atomic E-state index is 14.9. The maximum absolute atomic E-state index is 14.9. The number of halogens is 3. The molecule has 3 aromatic carbocycles. The average Bonchev–Trinajstić information content (AvgIpc) is 3.58. The number of fused-ring (bicyclic) bond motifs is 6. The fourth-order valence-corrected chi connectivity index (χ4v) is 6.22. The smallest absolute Gasteiger partial charge is 0.255 e. The number of pyridine rings is 1. The van der Waals surface area contributed by atoms with Crippen LogP contribution in [0.25, 0.3) is 55.8 Å². The van der Waals surface area contributed by atoms with Crippen LogP contribution >= 0.6 is 0 Å². The summed E-state index contributed by atoms with van der Waals surface area (Å²) in [5.74, 6) is -2.87. The van der Waals surface area contributed by atoms with Gasteiger partial charge < -0.3 is 19.6 Å². The van der Waals surface area contributed by atoms with Gasteiger partial charge in [0.1, 0.15) is 28.7 Å². The second-order valence-corrected chi connectivity index (χ2v) is 12.7. The van der Waals surface area contributed by atoms with Crippen molar-refractivity contribution in [3.63, 3.8) is 0 Å². The Morgan fingerprint density at radius 2 is 1.80 bits per heavy atom. The van der Waals surface area contributed by atoms with E-state index >= 15 is 0 Å². The van der Waals surface area contributed by atoms with Crippen molar-refractivity contribution >= 4 is 49.2 Å². The minimum Gasteiger partial charge on any atom is -0.455 e. The molecule has 45 heavy (non-hydrogen) atoms. The fourth-order valence-electron chi connectivity index (χ4n) is 5.72. The summed E-state index contributed by atoms with van der Waals surface area (Å²) in [6.45, 7) is 0.386. The van der Waals surface area contributed by atoms with E-state index in [9.17, 15) is 26.4 Å². The number of carbonyl (C=O) groups excluding carboxylic acids is 1. The molecule has 0 atom stereocenters. The summed E-state index contributed by atoms with van der Waals surface area (Å²) in [5, 5.41) is 6.51. The number of carbonyl (C=O) groups is 1. The molecule has 0 saturated heterocycles. The highest BCUT2D eigenvalue weighted by molar-refractivity contribution is 7.92. The molecule has 2 N–H and O–H groups in total. The zero-order chi connectivity index (χ0) is 31.8. The van der Waals surface area contributed by atoms with Crippen molar-refractivity contribution in [2.24, 2.45) is 0 Å². The van der Waals surface area contributed by atoms with Crippen molar-refractivity contribution in [3.8, 4) is 34.0 Å². The van der Waals surface area contributed by atoms with Gasteiger partial charge in [-0.15, -0.1) is 0 Å². The van der Waals surface area contributed by atoms with E-state index in [0.717, 1.165) is 16.6 Å². The van der Waals surface area contributed by atoms with Crippen molar-refractivity contribution in [1.29, 1.82) is 0 Å². The molecule has 0 radical (unpaired) electrons. The Morgan fingerprint density at radius 3 is 2.53 bits per heavy atom. The van der Waals surface area contributed by atoms with Crippen LogP contribution in [0.4, 0.5) is 24.5 Å². The molecule has 3 aromatic heterocycles. The third kappa shape index (κ3) is 4.49. The number of anilines is 2. The number of benzene rings is 3. The molecule has 9 nitrogen and oxygen atoms in total. The molecule has 0 fully saturated rings. The van der Waals surface area contributed by atoms with Gasteiger partial charge >= 0.3 is 0 Å². The molecule has 1 aliphatic heterocycles. The van der Waals surface area contributed by atoms with Crippen LogP contribution in [0.2, 0.25) is 0 Å². The van der Waals surface area contributed by atoms with E-state index in [-0.39, 0.29) is 39.4 Å². The molecule has 0 spiro atoms. The van der Waals surface area contributed by atoms with Gasteiger partial charge in [0.05, 0.1) is 52.3 Å². The fraction of sp³-hybridized carbons (Fsp3) is 0.125. The predicted octanol–water partition coefficient (Wildman–Crippen LogP) is 6.34. The molecular weight excluding hydrogens is 607 g/mol. The van der Waals surface area contributed by atoms with Gasteiger partial charge in [0.25, 0.3) is 5.91 Å². The molecule has 0 bridgehead atoms. The highest BCUT2D eigenvalue weighted by Crippen LogP contribution is 2.43. The minimum atomic E-state index is -3.81. The van der Waals surface area contributed by atoms with Crippen LogP contribution in [-0.4, -0.2) is 44.2 Å². The number of hydrogen-bond acceptors (Lipinski definition) is 6. The van der Waals surface area contributed by atoms with E-state index in [4.69, 9.17) is 9.40 Å². The summed E-state index contributed by atoms with van der Waals surface area (Å²) in [4.78, 5) is 18.1. The first-order valence-electron chi connectivity index (χ1n) is 13.7. The normalized spacial score (nSPS) is 12.6. The largest absolute Gasteiger partial charge is 0.455 e. The third-order valence-corrected chi connectivity index (χ3v) is 9.20. The predicted molar refractivity (Wildman–Crippen MR) is 166 cm³/mol. The number of hydrogen-bond donors (Lipinski definition) is 2. The maximum Gasteiger partial charge on any atom is 0.255 e. The summed E-state index contributed by atoms with van der Waals surface area (Å²) >= 11 is 0. The number of amides is 1. The summed E-state index contributed by atoms with van der Waals surface area (Å²) < 4.78 is 77.9. The third-order valence-electron chi connectivity index (χ3n) is 8.01. The first kappa shape index (κ1) is 28.5. The molecule has 0 unspecified atom stereocenters. The lowest BCUT2D eigenvalue weighted by molar-refractivity contribution is 0.0964. The average molecular weight is 632 g/mol. The lowest BCUT2D eigenvalue weighted by Crippen LogP contribution is -2.25. The number of aromatic nitrogens is 2. The molecule has 7 rings (SSSR count). The molecule has 13 heteroatoms. The minimum absolute atomic E-state index is 0.0250. The topological polar surface area (TPSA) is 109 Å². The summed E-state index contributed by atoms with van der Waals surface area (Å²) in [7, 11) is -1.04. The van der Waals surface area contributed by atoms with Crippen LogP contribution in [0.15, 0.2) is 71.1 Å². The van der Waals surface area contributed by atoms with Crippen LogP contribution < -0.4 is 14.9 Å². The van der Waals surface area contributed by atoms with Crippen LogP contribution in [0, 0.1) is 17.5 Å². The van der Waals surface area contributed by atoms with E-state index in [2.05, 4.69) is 10.6 Å². The Balaban J connectivity index is 1.50. The number of rotatable bonds is 5. The summed E-state index contributed by atoms with van der Waals surface area (Å²) in [5.41, 5.74) is 3.32. The van der Waals surface area contributed by atoms with Crippen molar-refractivity contribution in [2.45, 2.75) is 6.67 Å². The molecule has 0 saturated carbocycles. The van der Waals surface area contributed by atoms with E-state index < -0.39 is 27.6 Å². The second-order valence-electron chi connectivity index (χ2n) is 10.7. The van der Waals surface area contributed by atoms with Gasteiger partial charge in [-0.2, -0.15) is 0 Å². The Hall–Kier alpha value is -5.30. The van der Waals surface area contributed by atoms with Crippen LogP contribution in [0.5, 0.6) is 0 Å². The highest BCUT2D eigenvalue weighted by atomic mass is 32.2. The summed E-state index contributed by atoms with van der Waals surface area (Å²) in [6.07, 6.45) is 1.04. The molecule has 228 valence electrons. The Bertz CT molecular complexity index is 2330. The summed E-state index contributed by atoms with van der Waals surface area (Å²) in [6, 6.07) is 15.9. The van der Waals surface area contributed by atoms with Gasteiger partial charge in [0, 0.05) is 42.6 Å². The molecule has 6 aromatic rings. The SMILES string of the molecule is CNC(=O)c1c(-c2ccc(F)cc2F)oc2cc(N(C)S(C)(=O)=O)c(-c3ccc4c(n3)-c3cc5c(F)cccc5n3CN4)cc12. The van der Waals surface area contributed by atoms with Crippen LogP contribution in [0.1, 0.15) is 10.4 Å². The monoisotopic (exact) mass is 631 g/mol. The van der Waals surface area contributed by atoms with Crippen LogP contribution in [-0.2, 0) is 16.7 Å². The van der Waals surface area contributed by atoms with Crippen molar-refractivity contribution in [3.05, 3.63) is 89.7 Å². The number of nitrogens with one attached hydrogen (secondary N) is 2. The Kier molecular flexibility index (Phi) is 6.41. The van der Waals surface area contributed by atoms with Gasteiger partial charge in [0.2, 0.25) is 10.0 Å². The molecule has 4 heterocycles. The zero-order valence-electron chi connectivity index (χ0n) is 24.1. The lowest BCUT2D eigenvalue weighted by atomic mass is 10.00. The molecule has 1 amide bonds.